The zero-order valence-corrected chi connectivity index (χ0v) is 12.9. The predicted octanol–water partition coefficient (Wildman–Crippen LogP) is 2.00. The number of carboxylic acids is 1. The highest BCUT2D eigenvalue weighted by atomic mass is 16.4. The molecule has 116 valence electrons. The minimum atomic E-state index is -0.951. The van der Waals surface area contributed by atoms with E-state index in [9.17, 15) is 14.4 Å². The van der Waals surface area contributed by atoms with Crippen LogP contribution in [0.1, 0.15) is 47.5 Å². The minimum absolute atomic E-state index is 0.0211. The van der Waals surface area contributed by atoms with Crippen molar-refractivity contribution in [2.24, 2.45) is 17.3 Å². The van der Waals surface area contributed by atoms with Crippen LogP contribution in [-0.4, -0.2) is 29.6 Å². The van der Waals surface area contributed by atoms with Crippen LogP contribution in [0.5, 0.6) is 0 Å². The normalized spacial score (nSPS) is 12.9. The van der Waals surface area contributed by atoms with Crippen molar-refractivity contribution in [2.75, 3.05) is 6.54 Å². The summed E-state index contributed by atoms with van der Waals surface area (Å²) >= 11 is 0. The summed E-state index contributed by atoms with van der Waals surface area (Å²) in [6.07, 6.45) is -0.0668. The second-order valence-corrected chi connectivity index (χ2v) is 6.28. The highest BCUT2D eigenvalue weighted by Gasteiger charge is 2.23. The van der Waals surface area contributed by atoms with Crippen LogP contribution in [0.15, 0.2) is 0 Å². The Balaban J connectivity index is 4.09. The number of urea groups is 1. The Hall–Kier alpha value is -1.59. The maximum Gasteiger partial charge on any atom is 0.321 e. The van der Waals surface area contributed by atoms with Crippen molar-refractivity contribution in [3.63, 3.8) is 0 Å². The second kappa shape index (κ2) is 7.87. The van der Waals surface area contributed by atoms with Crippen LogP contribution in [0, 0.1) is 17.3 Å². The average molecular weight is 286 g/mol. The lowest BCUT2D eigenvalue weighted by molar-refractivity contribution is -0.138. The standard InChI is InChI=1S/C14H26N2O4/c1-9(2)14(4,5)8-15-13(20)16-11(17)6-10(3)7-12(18)19/h9-10H,6-8H2,1-5H3,(H,18,19)(H2,15,16,17,20). The average Bonchev–Trinajstić information content (AvgIpc) is 2.24. The van der Waals surface area contributed by atoms with Gasteiger partial charge in [0, 0.05) is 19.4 Å². The fraction of sp³-hybridized carbons (Fsp3) is 0.786. The first kappa shape index (κ1) is 18.4. The van der Waals surface area contributed by atoms with Crippen LogP contribution in [-0.2, 0) is 9.59 Å². The van der Waals surface area contributed by atoms with Crippen LogP contribution in [0.2, 0.25) is 0 Å². The zero-order chi connectivity index (χ0) is 15.9. The van der Waals surface area contributed by atoms with Gasteiger partial charge in [-0.05, 0) is 17.3 Å². The fourth-order valence-corrected chi connectivity index (χ4v) is 1.42. The topological polar surface area (TPSA) is 95.5 Å². The van der Waals surface area contributed by atoms with Gasteiger partial charge in [-0.2, -0.15) is 0 Å². The van der Waals surface area contributed by atoms with Crippen molar-refractivity contribution < 1.29 is 19.5 Å². The summed E-state index contributed by atoms with van der Waals surface area (Å²) in [5.74, 6) is -1.31. The van der Waals surface area contributed by atoms with E-state index in [1.54, 1.807) is 6.92 Å². The first-order chi connectivity index (χ1) is 9.04. The third-order valence-electron chi connectivity index (χ3n) is 3.58. The smallest absolute Gasteiger partial charge is 0.321 e. The van der Waals surface area contributed by atoms with E-state index in [1.165, 1.54) is 0 Å². The molecule has 0 bridgehead atoms. The molecule has 0 aromatic carbocycles. The number of carbonyl (C=O) groups excluding carboxylic acids is 2. The van der Waals surface area contributed by atoms with Crippen LogP contribution in [0.3, 0.4) is 0 Å². The van der Waals surface area contributed by atoms with Gasteiger partial charge in [0.1, 0.15) is 0 Å². The van der Waals surface area contributed by atoms with Crippen molar-refractivity contribution in [1.82, 2.24) is 10.6 Å². The molecule has 0 aliphatic rings. The first-order valence-corrected chi connectivity index (χ1v) is 6.84. The van der Waals surface area contributed by atoms with Crippen molar-refractivity contribution in [1.29, 1.82) is 0 Å². The number of carbonyl (C=O) groups is 3. The molecule has 3 N–H and O–H groups in total. The Bertz CT molecular complexity index is 364. The van der Waals surface area contributed by atoms with Crippen molar-refractivity contribution >= 4 is 17.9 Å². The Kier molecular flexibility index (Phi) is 7.24. The SMILES string of the molecule is CC(CC(=O)O)CC(=O)NC(=O)NCC(C)(C)C(C)C. The monoisotopic (exact) mass is 286 g/mol. The molecule has 1 atom stereocenters. The highest BCUT2D eigenvalue weighted by molar-refractivity contribution is 5.94. The third kappa shape index (κ3) is 7.76. The molecule has 1 unspecified atom stereocenters. The van der Waals surface area contributed by atoms with E-state index in [2.05, 4.69) is 24.5 Å². The molecule has 0 spiro atoms. The number of hydrogen-bond acceptors (Lipinski definition) is 3. The lowest BCUT2D eigenvalue weighted by atomic mass is 9.81. The van der Waals surface area contributed by atoms with E-state index in [0.717, 1.165) is 0 Å². The van der Waals surface area contributed by atoms with Crippen LogP contribution in [0.4, 0.5) is 4.79 Å². The summed E-state index contributed by atoms with van der Waals surface area (Å²) < 4.78 is 0. The maximum atomic E-state index is 11.6. The van der Waals surface area contributed by atoms with Gasteiger partial charge in [-0.1, -0.05) is 34.6 Å². The lowest BCUT2D eigenvalue weighted by Crippen LogP contribution is -2.44. The molecule has 0 saturated heterocycles. The van der Waals surface area contributed by atoms with Crippen LogP contribution < -0.4 is 10.6 Å². The van der Waals surface area contributed by atoms with Gasteiger partial charge in [-0.3, -0.25) is 14.9 Å². The fourth-order valence-electron chi connectivity index (χ4n) is 1.42. The molecule has 0 heterocycles. The number of nitrogens with one attached hydrogen (secondary N) is 2. The summed E-state index contributed by atoms with van der Waals surface area (Å²) in [6, 6.07) is -0.536. The van der Waals surface area contributed by atoms with Crippen molar-refractivity contribution in [3.8, 4) is 0 Å². The van der Waals surface area contributed by atoms with Gasteiger partial charge in [0.05, 0.1) is 0 Å². The van der Waals surface area contributed by atoms with Gasteiger partial charge in [-0.25, -0.2) is 4.79 Å². The molecule has 0 aliphatic heterocycles. The summed E-state index contributed by atoms with van der Waals surface area (Å²) in [7, 11) is 0. The van der Waals surface area contributed by atoms with Crippen molar-refractivity contribution in [3.05, 3.63) is 0 Å². The Morgan fingerprint density at radius 3 is 2.10 bits per heavy atom. The molecule has 20 heavy (non-hydrogen) atoms. The summed E-state index contributed by atoms with van der Waals surface area (Å²) in [5.41, 5.74) is -0.0585. The van der Waals surface area contributed by atoms with Crippen LogP contribution >= 0.6 is 0 Å². The Morgan fingerprint density at radius 1 is 1.10 bits per heavy atom. The van der Waals surface area contributed by atoms with Gasteiger partial charge in [0.25, 0.3) is 0 Å². The van der Waals surface area contributed by atoms with E-state index in [1.807, 2.05) is 13.8 Å². The highest BCUT2D eigenvalue weighted by Crippen LogP contribution is 2.24. The van der Waals surface area contributed by atoms with Gasteiger partial charge in [0.15, 0.2) is 0 Å². The number of aliphatic carboxylic acids is 1. The van der Waals surface area contributed by atoms with E-state index < -0.39 is 17.9 Å². The molecular formula is C14H26N2O4. The molecule has 3 amide bonds. The maximum absolute atomic E-state index is 11.6. The number of imide groups is 1. The second-order valence-electron chi connectivity index (χ2n) is 6.28. The lowest BCUT2D eigenvalue weighted by Gasteiger charge is -2.29. The summed E-state index contributed by atoms with van der Waals surface area (Å²) in [5, 5.41) is 13.5. The number of amides is 3. The van der Waals surface area contributed by atoms with E-state index in [0.29, 0.717) is 12.5 Å². The molecule has 0 rings (SSSR count). The van der Waals surface area contributed by atoms with Gasteiger partial charge in [0.2, 0.25) is 5.91 Å². The quantitative estimate of drug-likeness (QED) is 0.667. The van der Waals surface area contributed by atoms with E-state index >= 15 is 0 Å². The first-order valence-electron chi connectivity index (χ1n) is 6.84. The third-order valence-corrected chi connectivity index (χ3v) is 3.58. The van der Waals surface area contributed by atoms with Gasteiger partial charge < -0.3 is 10.4 Å². The number of carboxylic acid groups (broad SMARTS) is 1. The molecule has 6 heteroatoms. The Labute approximate surface area is 120 Å². The van der Waals surface area contributed by atoms with E-state index in [-0.39, 0.29) is 24.2 Å². The zero-order valence-electron chi connectivity index (χ0n) is 12.9. The Morgan fingerprint density at radius 2 is 1.65 bits per heavy atom. The molecule has 6 nitrogen and oxygen atoms in total. The molecule has 0 saturated carbocycles. The number of hydrogen-bond donors (Lipinski definition) is 3. The molecule has 0 radical (unpaired) electrons. The number of rotatable bonds is 7. The largest absolute Gasteiger partial charge is 0.481 e. The predicted molar refractivity (Wildman–Crippen MR) is 76.2 cm³/mol. The van der Waals surface area contributed by atoms with Crippen molar-refractivity contribution in [2.45, 2.75) is 47.5 Å². The molecule has 0 aromatic heterocycles. The molecule has 0 aliphatic carbocycles. The van der Waals surface area contributed by atoms with Gasteiger partial charge >= 0.3 is 12.0 Å². The van der Waals surface area contributed by atoms with Crippen LogP contribution in [0.25, 0.3) is 0 Å². The molecule has 0 fully saturated rings. The van der Waals surface area contributed by atoms with E-state index in [4.69, 9.17) is 5.11 Å². The molecule has 0 aromatic rings. The summed E-state index contributed by atoms with van der Waals surface area (Å²) in [6.45, 7) is 10.3. The summed E-state index contributed by atoms with van der Waals surface area (Å²) in [4.78, 5) is 33.6. The van der Waals surface area contributed by atoms with Gasteiger partial charge in [-0.15, -0.1) is 0 Å². The molecular weight excluding hydrogens is 260 g/mol. The minimum Gasteiger partial charge on any atom is -0.481 e.